The van der Waals surface area contributed by atoms with E-state index in [1.807, 2.05) is 30.3 Å². The van der Waals surface area contributed by atoms with Crippen molar-refractivity contribution in [1.82, 2.24) is 15.6 Å². The highest BCUT2D eigenvalue weighted by Crippen LogP contribution is 2.31. The Balaban J connectivity index is 1.58. The highest BCUT2D eigenvalue weighted by atomic mass is 35.5. The number of amides is 2. The lowest BCUT2D eigenvalue weighted by atomic mass is 10.1. The number of rotatable bonds is 4. The van der Waals surface area contributed by atoms with Gasteiger partial charge in [-0.3, -0.25) is 9.59 Å². The van der Waals surface area contributed by atoms with E-state index in [-0.39, 0.29) is 18.0 Å². The van der Waals surface area contributed by atoms with Gasteiger partial charge in [-0.25, -0.2) is 0 Å². The van der Waals surface area contributed by atoms with E-state index < -0.39 is 12.5 Å². The third-order valence-electron chi connectivity index (χ3n) is 4.84. The van der Waals surface area contributed by atoms with Crippen molar-refractivity contribution in [2.24, 2.45) is 0 Å². The molecular weight excluding hydrogens is 366 g/mol. The number of fused-ring (bicyclic) bond motifs is 2. The molecule has 2 atom stereocenters. The molecule has 0 aliphatic heterocycles. The van der Waals surface area contributed by atoms with E-state index in [2.05, 4.69) is 15.6 Å². The number of nitrogens with one attached hydrogen (secondary N) is 3. The summed E-state index contributed by atoms with van der Waals surface area (Å²) in [5.41, 5.74) is 3.27. The summed E-state index contributed by atoms with van der Waals surface area (Å²) >= 11 is 6.00. The monoisotopic (exact) mass is 383 g/mol. The second-order valence-electron chi connectivity index (χ2n) is 6.60. The summed E-state index contributed by atoms with van der Waals surface area (Å²) in [5.74, 6) is -0.736. The Morgan fingerprint density at radius 2 is 1.96 bits per heavy atom. The van der Waals surface area contributed by atoms with Crippen LogP contribution in [-0.2, 0) is 11.2 Å². The molecule has 27 heavy (non-hydrogen) atoms. The van der Waals surface area contributed by atoms with Crippen LogP contribution in [-0.4, -0.2) is 34.6 Å². The topological polar surface area (TPSA) is 94.2 Å². The summed E-state index contributed by atoms with van der Waals surface area (Å²) in [5, 5.41) is 16.3. The van der Waals surface area contributed by atoms with Crippen LogP contribution in [0.3, 0.4) is 0 Å². The van der Waals surface area contributed by atoms with Gasteiger partial charge >= 0.3 is 0 Å². The average molecular weight is 384 g/mol. The Bertz CT molecular complexity index is 1030. The van der Waals surface area contributed by atoms with Crippen LogP contribution in [0.15, 0.2) is 48.5 Å². The number of carbonyl (C=O) groups excluding carboxylic acids is 2. The maximum atomic E-state index is 12.8. The van der Waals surface area contributed by atoms with E-state index in [1.54, 1.807) is 18.2 Å². The summed E-state index contributed by atoms with van der Waals surface area (Å²) in [6.07, 6.45) is 0.602. The first-order chi connectivity index (χ1) is 13.0. The molecule has 1 heterocycles. The number of aliphatic hydroxyl groups excluding tert-OH is 1. The zero-order valence-electron chi connectivity index (χ0n) is 14.3. The molecule has 1 aliphatic carbocycles. The number of carbonyl (C=O) groups is 2. The van der Waals surface area contributed by atoms with Crippen molar-refractivity contribution in [3.8, 4) is 0 Å². The number of H-pyrrole nitrogens is 1. The molecule has 0 saturated heterocycles. The molecule has 4 rings (SSSR count). The summed E-state index contributed by atoms with van der Waals surface area (Å²) in [7, 11) is 0. The van der Waals surface area contributed by atoms with Crippen LogP contribution in [0.25, 0.3) is 10.9 Å². The molecule has 2 aromatic carbocycles. The molecule has 1 aromatic heterocycles. The smallest absolute Gasteiger partial charge is 0.268 e. The van der Waals surface area contributed by atoms with Crippen molar-refractivity contribution in [3.05, 3.63) is 70.4 Å². The Kier molecular flexibility index (Phi) is 4.59. The molecule has 7 heteroatoms. The SMILES string of the molecule is O=C(CO)N[C@@H]1c2ccccc2CC1NC(=O)c1cc2cc(Cl)ccc2[nH]1. The fourth-order valence-electron chi connectivity index (χ4n) is 3.60. The minimum absolute atomic E-state index is 0.261. The number of aliphatic hydroxyl groups is 1. The highest BCUT2D eigenvalue weighted by Gasteiger charge is 2.34. The molecule has 138 valence electrons. The van der Waals surface area contributed by atoms with E-state index in [1.165, 1.54) is 0 Å². The lowest BCUT2D eigenvalue weighted by molar-refractivity contribution is -0.124. The zero-order valence-corrected chi connectivity index (χ0v) is 15.1. The molecule has 0 radical (unpaired) electrons. The van der Waals surface area contributed by atoms with Gasteiger partial charge in [0, 0.05) is 15.9 Å². The van der Waals surface area contributed by atoms with Crippen LogP contribution in [0.4, 0.5) is 0 Å². The Hall–Kier alpha value is -2.83. The van der Waals surface area contributed by atoms with Crippen LogP contribution in [0.2, 0.25) is 5.02 Å². The first-order valence-electron chi connectivity index (χ1n) is 8.62. The van der Waals surface area contributed by atoms with Gasteiger partial charge in [-0.15, -0.1) is 0 Å². The van der Waals surface area contributed by atoms with Gasteiger partial charge in [0.15, 0.2) is 0 Å². The van der Waals surface area contributed by atoms with Gasteiger partial charge in [-0.2, -0.15) is 0 Å². The maximum absolute atomic E-state index is 12.8. The molecule has 0 fully saturated rings. The second-order valence-corrected chi connectivity index (χ2v) is 7.04. The van der Waals surface area contributed by atoms with Crippen molar-refractivity contribution in [2.45, 2.75) is 18.5 Å². The third kappa shape index (κ3) is 3.41. The first kappa shape index (κ1) is 17.6. The predicted octanol–water partition coefficient (Wildman–Crippen LogP) is 2.33. The Morgan fingerprint density at radius 3 is 2.78 bits per heavy atom. The minimum atomic E-state index is -0.595. The fraction of sp³-hybridized carbons (Fsp3) is 0.200. The second kappa shape index (κ2) is 7.06. The number of halogens is 1. The molecule has 2 amide bonds. The summed E-state index contributed by atoms with van der Waals surface area (Å²) in [6, 6.07) is 14.2. The zero-order chi connectivity index (χ0) is 19.0. The Labute approximate surface area is 160 Å². The van der Waals surface area contributed by atoms with Crippen LogP contribution in [0.5, 0.6) is 0 Å². The van der Waals surface area contributed by atoms with Crippen molar-refractivity contribution >= 4 is 34.3 Å². The van der Waals surface area contributed by atoms with Crippen molar-refractivity contribution in [1.29, 1.82) is 0 Å². The van der Waals surface area contributed by atoms with Crippen molar-refractivity contribution in [2.75, 3.05) is 6.61 Å². The number of aromatic nitrogens is 1. The van der Waals surface area contributed by atoms with Crippen LogP contribution < -0.4 is 10.6 Å². The van der Waals surface area contributed by atoms with Gasteiger partial charge in [-0.1, -0.05) is 35.9 Å². The van der Waals surface area contributed by atoms with Crippen LogP contribution in [0.1, 0.15) is 27.7 Å². The van der Waals surface area contributed by atoms with Gasteiger partial charge in [0.1, 0.15) is 12.3 Å². The largest absolute Gasteiger partial charge is 0.387 e. The summed E-state index contributed by atoms with van der Waals surface area (Å²) < 4.78 is 0. The number of aromatic amines is 1. The van der Waals surface area contributed by atoms with Gasteiger partial charge in [0.25, 0.3) is 5.91 Å². The first-order valence-corrected chi connectivity index (χ1v) is 9.00. The molecule has 1 unspecified atom stereocenters. The number of benzene rings is 2. The van der Waals surface area contributed by atoms with Gasteiger partial charge in [0.2, 0.25) is 5.91 Å². The lowest BCUT2D eigenvalue weighted by Crippen LogP contribution is -2.45. The van der Waals surface area contributed by atoms with Crippen LogP contribution >= 0.6 is 11.6 Å². The minimum Gasteiger partial charge on any atom is -0.387 e. The standard InChI is InChI=1S/C20H18ClN3O3/c21-13-5-6-15-12(7-13)9-17(22-15)20(27)23-16-8-11-3-1-2-4-14(11)19(16)24-18(26)10-25/h1-7,9,16,19,22,25H,8,10H2,(H,23,27)(H,24,26)/t16?,19-/m1/s1. The average Bonchev–Trinajstić information content (AvgIpc) is 3.23. The van der Waals surface area contributed by atoms with E-state index in [4.69, 9.17) is 16.7 Å². The predicted molar refractivity (Wildman–Crippen MR) is 103 cm³/mol. The summed E-state index contributed by atoms with van der Waals surface area (Å²) in [6.45, 7) is -0.595. The van der Waals surface area contributed by atoms with E-state index in [0.29, 0.717) is 17.1 Å². The molecular formula is C20H18ClN3O3. The number of hydrogen-bond donors (Lipinski definition) is 4. The lowest BCUT2D eigenvalue weighted by Gasteiger charge is -2.22. The molecule has 0 bridgehead atoms. The fourth-order valence-corrected chi connectivity index (χ4v) is 3.78. The molecule has 3 aromatic rings. The van der Waals surface area contributed by atoms with E-state index >= 15 is 0 Å². The highest BCUT2D eigenvalue weighted by molar-refractivity contribution is 6.31. The van der Waals surface area contributed by atoms with Crippen molar-refractivity contribution < 1.29 is 14.7 Å². The van der Waals surface area contributed by atoms with Crippen LogP contribution in [0, 0.1) is 0 Å². The third-order valence-corrected chi connectivity index (χ3v) is 5.07. The quantitative estimate of drug-likeness (QED) is 0.557. The van der Waals surface area contributed by atoms with Gasteiger partial charge in [0.05, 0.1) is 12.1 Å². The maximum Gasteiger partial charge on any atom is 0.268 e. The molecule has 6 nitrogen and oxygen atoms in total. The molecule has 4 N–H and O–H groups in total. The van der Waals surface area contributed by atoms with Gasteiger partial charge in [-0.05, 0) is 41.8 Å². The Morgan fingerprint density at radius 1 is 1.15 bits per heavy atom. The number of hydrogen-bond acceptors (Lipinski definition) is 3. The van der Waals surface area contributed by atoms with Gasteiger partial charge < -0.3 is 20.7 Å². The van der Waals surface area contributed by atoms with Crippen molar-refractivity contribution in [3.63, 3.8) is 0 Å². The van der Waals surface area contributed by atoms with E-state index in [0.717, 1.165) is 22.0 Å². The molecule has 0 saturated carbocycles. The summed E-state index contributed by atoms with van der Waals surface area (Å²) in [4.78, 5) is 27.6. The van der Waals surface area contributed by atoms with E-state index in [9.17, 15) is 9.59 Å². The molecule has 0 spiro atoms. The molecule has 1 aliphatic rings. The normalized spacial score (nSPS) is 18.3.